The second-order valence-corrected chi connectivity index (χ2v) is 18.8. The van der Waals surface area contributed by atoms with E-state index in [1.165, 1.54) is 64.9 Å². The van der Waals surface area contributed by atoms with Crippen molar-refractivity contribution < 1.29 is 19.1 Å². The van der Waals surface area contributed by atoms with Crippen LogP contribution in [0, 0.1) is 0 Å². The van der Waals surface area contributed by atoms with E-state index < -0.39 is 0 Å². The quantitative estimate of drug-likeness (QED) is 0.141. The first-order chi connectivity index (χ1) is 28.3. The number of nitrogens with one attached hydrogen (secondary N) is 4. The van der Waals surface area contributed by atoms with E-state index in [9.17, 15) is 9.59 Å². The SMILES string of the molecule is O=C1NC2(CC2)C2(CC2)c2[nH]c3c(c21)CCc1cnc(-c2ccc(OC4CCOCC4)nc2)cc1-3.O=C1NC2(CC2)C2(CC2)c2[nH]c3c(c21)CCc1cnc(Cl)cc1-3. The Morgan fingerprint density at radius 3 is 1.78 bits per heavy atom. The molecule has 4 N–H and O–H groups in total. The van der Waals surface area contributed by atoms with Crippen molar-refractivity contribution in [2.75, 3.05) is 13.2 Å². The summed E-state index contributed by atoms with van der Waals surface area (Å²) in [6, 6.07) is 8.06. The van der Waals surface area contributed by atoms with Gasteiger partial charge in [0.1, 0.15) is 11.3 Å². The molecular weight excluding hydrogens is 750 g/mol. The summed E-state index contributed by atoms with van der Waals surface area (Å²) in [4.78, 5) is 47.0. The number of aromatic nitrogens is 5. The van der Waals surface area contributed by atoms with Gasteiger partial charge in [-0.25, -0.2) is 9.97 Å². The average molecular weight is 794 g/mol. The minimum absolute atomic E-state index is 0.0108. The van der Waals surface area contributed by atoms with E-state index in [-0.39, 0.29) is 39.8 Å². The lowest BCUT2D eigenvalue weighted by Gasteiger charge is -2.33. The van der Waals surface area contributed by atoms with Crippen molar-refractivity contribution in [1.29, 1.82) is 0 Å². The Kier molecular flexibility index (Phi) is 6.78. The van der Waals surface area contributed by atoms with E-state index in [0.717, 1.165) is 117 Å². The number of amides is 2. The molecule has 5 fully saturated rings. The molecule has 12 heteroatoms. The molecule has 0 radical (unpaired) electrons. The molecule has 8 heterocycles. The predicted octanol–water partition coefficient (Wildman–Crippen LogP) is 7.24. The third kappa shape index (κ3) is 4.68. The van der Waals surface area contributed by atoms with E-state index in [1.54, 1.807) is 0 Å². The number of ether oxygens (including phenoxy) is 2. The highest BCUT2D eigenvalue weighted by atomic mass is 35.5. The fraction of sp³-hybridized carbons (Fsp3) is 0.457. The molecule has 0 unspecified atom stereocenters. The number of carbonyl (C=O) groups excluding carboxylic acids is 2. The lowest BCUT2D eigenvalue weighted by atomic mass is 9.81. The van der Waals surface area contributed by atoms with Crippen LogP contribution in [0.15, 0.2) is 42.9 Å². The average Bonchev–Trinajstić information content (AvgIpc) is 4.06. The number of fused-ring (bicyclic) bond motifs is 14. The van der Waals surface area contributed by atoms with Crippen molar-refractivity contribution in [2.45, 2.75) is 118 Å². The first-order valence-electron chi connectivity index (χ1n) is 21.3. The van der Waals surface area contributed by atoms with Gasteiger partial charge in [-0.15, -0.1) is 0 Å². The van der Waals surface area contributed by atoms with Crippen molar-refractivity contribution in [3.8, 4) is 39.7 Å². The zero-order valence-corrected chi connectivity index (χ0v) is 33.0. The molecule has 5 aromatic rings. The van der Waals surface area contributed by atoms with Crippen LogP contribution in [-0.4, -0.2) is 67.1 Å². The smallest absolute Gasteiger partial charge is 0.253 e. The van der Waals surface area contributed by atoms with Crippen LogP contribution in [0.25, 0.3) is 33.8 Å². The van der Waals surface area contributed by atoms with Crippen molar-refractivity contribution in [3.63, 3.8) is 0 Å². The Morgan fingerprint density at radius 2 is 1.24 bits per heavy atom. The number of aromatic amines is 2. The molecule has 4 spiro atoms. The molecule has 58 heavy (non-hydrogen) atoms. The largest absolute Gasteiger partial charge is 0.474 e. The summed E-state index contributed by atoms with van der Waals surface area (Å²) in [5.74, 6) is 0.887. The summed E-state index contributed by atoms with van der Waals surface area (Å²) >= 11 is 6.12. The highest BCUT2D eigenvalue weighted by molar-refractivity contribution is 6.29. The zero-order valence-electron chi connectivity index (χ0n) is 32.3. The third-order valence-electron chi connectivity index (χ3n) is 15.4. The van der Waals surface area contributed by atoms with Crippen LogP contribution in [0.5, 0.6) is 5.88 Å². The number of rotatable bonds is 3. The van der Waals surface area contributed by atoms with E-state index in [1.807, 2.05) is 36.8 Å². The lowest BCUT2D eigenvalue weighted by Crippen LogP contribution is -2.51. The van der Waals surface area contributed by atoms with Gasteiger partial charge in [-0.3, -0.25) is 14.6 Å². The van der Waals surface area contributed by atoms with Crippen LogP contribution >= 0.6 is 11.6 Å². The first-order valence-corrected chi connectivity index (χ1v) is 21.7. The highest BCUT2D eigenvalue weighted by Gasteiger charge is 2.72. The highest BCUT2D eigenvalue weighted by Crippen LogP contribution is 2.68. The minimum Gasteiger partial charge on any atom is -0.474 e. The lowest BCUT2D eigenvalue weighted by molar-refractivity contribution is 0.0237. The van der Waals surface area contributed by atoms with Gasteiger partial charge < -0.3 is 30.1 Å². The molecule has 5 aromatic heterocycles. The fourth-order valence-corrected chi connectivity index (χ4v) is 11.9. The van der Waals surface area contributed by atoms with Crippen LogP contribution in [0.3, 0.4) is 0 Å². The molecule has 14 rings (SSSR count). The summed E-state index contributed by atoms with van der Waals surface area (Å²) in [7, 11) is 0. The molecule has 3 aliphatic heterocycles. The Hall–Kier alpha value is -5.00. The molecular formula is C46H44ClN7O4. The molecule has 1 saturated heterocycles. The van der Waals surface area contributed by atoms with Gasteiger partial charge in [-0.1, -0.05) is 11.6 Å². The molecule has 9 aliphatic rings. The monoisotopic (exact) mass is 793 g/mol. The topological polar surface area (TPSA) is 147 Å². The van der Waals surface area contributed by atoms with Crippen molar-refractivity contribution in [3.05, 3.63) is 92.8 Å². The maximum absolute atomic E-state index is 13.2. The Morgan fingerprint density at radius 1 is 0.672 bits per heavy atom. The van der Waals surface area contributed by atoms with Gasteiger partial charge in [-0.05, 0) is 118 Å². The second kappa shape index (κ2) is 11.6. The van der Waals surface area contributed by atoms with Crippen LogP contribution in [-0.2, 0) is 41.3 Å². The number of nitrogens with zero attached hydrogens (tertiary/aromatic N) is 3. The summed E-state index contributed by atoms with van der Waals surface area (Å²) < 4.78 is 11.4. The van der Waals surface area contributed by atoms with Crippen LogP contribution in [0.4, 0.5) is 0 Å². The number of carbonyl (C=O) groups is 2. The summed E-state index contributed by atoms with van der Waals surface area (Å²) in [6.45, 7) is 1.49. The Bertz CT molecular complexity index is 2620. The van der Waals surface area contributed by atoms with Crippen LogP contribution < -0.4 is 15.4 Å². The normalized spacial score (nSPS) is 23.3. The van der Waals surface area contributed by atoms with E-state index in [0.29, 0.717) is 11.0 Å². The van der Waals surface area contributed by atoms with Crippen LogP contribution in [0.1, 0.15) is 119 Å². The van der Waals surface area contributed by atoms with Gasteiger partial charge in [0.25, 0.3) is 11.8 Å². The van der Waals surface area contributed by atoms with Gasteiger partial charge in [-0.2, -0.15) is 0 Å². The van der Waals surface area contributed by atoms with E-state index >= 15 is 0 Å². The fourth-order valence-electron chi connectivity index (χ4n) is 11.7. The maximum Gasteiger partial charge on any atom is 0.253 e. The predicted molar refractivity (Wildman–Crippen MR) is 216 cm³/mol. The van der Waals surface area contributed by atoms with Gasteiger partial charge >= 0.3 is 0 Å². The maximum atomic E-state index is 13.2. The van der Waals surface area contributed by atoms with Gasteiger partial charge in [0, 0.05) is 76.4 Å². The van der Waals surface area contributed by atoms with Gasteiger partial charge in [0.2, 0.25) is 5.88 Å². The number of halogens is 1. The number of hydrogen-bond donors (Lipinski definition) is 4. The number of aryl methyl sites for hydroxylation is 2. The van der Waals surface area contributed by atoms with Gasteiger partial charge in [0.05, 0.1) is 52.5 Å². The van der Waals surface area contributed by atoms with E-state index in [4.69, 9.17) is 26.1 Å². The summed E-state index contributed by atoms with van der Waals surface area (Å²) in [5, 5.41) is 7.27. The molecule has 0 aromatic carbocycles. The van der Waals surface area contributed by atoms with Crippen molar-refractivity contribution in [2.24, 2.45) is 0 Å². The molecule has 4 saturated carbocycles. The Labute approximate surface area is 340 Å². The number of H-pyrrole nitrogens is 2. The number of pyridine rings is 3. The molecule has 11 nitrogen and oxygen atoms in total. The zero-order chi connectivity index (χ0) is 38.6. The van der Waals surface area contributed by atoms with Crippen molar-refractivity contribution in [1.82, 2.24) is 35.6 Å². The molecule has 294 valence electrons. The molecule has 0 bridgehead atoms. The van der Waals surface area contributed by atoms with Crippen molar-refractivity contribution >= 4 is 23.4 Å². The second-order valence-electron chi connectivity index (χ2n) is 18.4. The summed E-state index contributed by atoms with van der Waals surface area (Å²) in [6.07, 6.45) is 20.4. The summed E-state index contributed by atoms with van der Waals surface area (Å²) in [5.41, 5.74) is 15.8. The van der Waals surface area contributed by atoms with Crippen LogP contribution in [0.2, 0.25) is 5.15 Å². The van der Waals surface area contributed by atoms with E-state index in [2.05, 4.69) is 36.6 Å². The Balaban J connectivity index is 0.000000131. The minimum atomic E-state index is 0.0108. The van der Waals surface area contributed by atoms with Gasteiger partial charge in [0.15, 0.2) is 0 Å². The molecule has 2 amide bonds. The molecule has 6 aliphatic carbocycles. The number of hydrogen-bond acceptors (Lipinski definition) is 7. The standard InChI is InChI=1S/C28H28N4O3.C18H16ClN3O/c33-26-23-19-3-1-16-14-29-21(17-2-4-22(30-15-17)35-18-5-11-34-12-6-18)13-20(16)24(19)31-25(23)27(7-8-27)28(32-26)9-10-28;19-12-7-11-9(8-20-12)1-2-10-13-15(21-14(10)11)17(3-4-17)18(5-6-18)22-16(13)23/h2,4,13-15,18,31H,1,3,5-12H2,(H,32,33);7-8,21H,1-6H2,(H,22,23). The third-order valence-corrected chi connectivity index (χ3v) is 15.6. The first kappa shape index (κ1) is 33.9. The molecule has 0 atom stereocenters.